The van der Waals surface area contributed by atoms with Crippen LogP contribution in [0.25, 0.3) is 16.8 Å². The molecule has 0 saturated carbocycles. The Bertz CT molecular complexity index is 1060. The molecule has 1 aliphatic heterocycles. The second-order valence-corrected chi connectivity index (χ2v) is 8.53. The lowest BCUT2D eigenvalue weighted by Gasteiger charge is -2.15. The molecule has 0 atom stereocenters. The van der Waals surface area contributed by atoms with Gasteiger partial charge in [0.1, 0.15) is 0 Å². The lowest BCUT2D eigenvalue weighted by molar-refractivity contribution is -0.113. The standard InChI is InChI=1S/C24H21NOS2/c1-2-3-7-17-12-14-20(15-13-17)25-23(26)22(28-24(25)27)16-19-10-6-9-18-8-4-5-11-21(18)19/h4-6,8-16H,2-3,7H2,1H3/b22-16-. The summed E-state index contributed by atoms with van der Waals surface area (Å²) in [6.07, 6.45) is 5.37. The summed E-state index contributed by atoms with van der Waals surface area (Å²) in [5.41, 5.74) is 3.17. The van der Waals surface area contributed by atoms with Crippen LogP contribution < -0.4 is 4.90 Å². The molecule has 1 aliphatic rings. The van der Waals surface area contributed by atoms with Gasteiger partial charge >= 0.3 is 0 Å². The molecule has 0 radical (unpaired) electrons. The Labute approximate surface area is 175 Å². The van der Waals surface area contributed by atoms with E-state index >= 15 is 0 Å². The molecule has 0 unspecified atom stereocenters. The predicted molar refractivity (Wildman–Crippen MR) is 125 cm³/mol. The van der Waals surface area contributed by atoms with Gasteiger partial charge < -0.3 is 0 Å². The van der Waals surface area contributed by atoms with E-state index in [4.69, 9.17) is 12.2 Å². The van der Waals surface area contributed by atoms with Crippen LogP contribution in [0.5, 0.6) is 0 Å². The first-order valence-electron chi connectivity index (χ1n) is 9.52. The molecule has 28 heavy (non-hydrogen) atoms. The zero-order valence-corrected chi connectivity index (χ0v) is 17.4. The maximum absolute atomic E-state index is 13.1. The average molecular weight is 404 g/mol. The number of amides is 1. The van der Waals surface area contributed by atoms with Crippen LogP contribution in [0.1, 0.15) is 30.9 Å². The number of aryl methyl sites for hydroxylation is 1. The first-order valence-corrected chi connectivity index (χ1v) is 10.7. The lowest BCUT2D eigenvalue weighted by Crippen LogP contribution is -2.27. The lowest BCUT2D eigenvalue weighted by atomic mass is 10.0. The van der Waals surface area contributed by atoms with Crippen LogP contribution in [-0.4, -0.2) is 10.2 Å². The van der Waals surface area contributed by atoms with E-state index in [-0.39, 0.29) is 5.91 Å². The quantitative estimate of drug-likeness (QED) is 0.354. The largest absolute Gasteiger partial charge is 0.270 e. The van der Waals surface area contributed by atoms with E-state index in [2.05, 4.69) is 37.3 Å². The van der Waals surface area contributed by atoms with Gasteiger partial charge in [0, 0.05) is 0 Å². The average Bonchev–Trinajstić information content (AvgIpc) is 3.00. The first-order chi connectivity index (χ1) is 13.7. The Balaban J connectivity index is 1.63. The molecular weight excluding hydrogens is 382 g/mol. The molecule has 1 heterocycles. The van der Waals surface area contributed by atoms with Crippen LogP contribution >= 0.6 is 24.0 Å². The monoisotopic (exact) mass is 403 g/mol. The third kappa shape index (κ3) is 3.75. The van der Waals surface area contributed by atoms with Crippen LogP contribution in [0.2, 0.25) is 0 Å². The van der Waals surface area contributed by atoms with Gasteiger partial charge in [0.05, 0.1) is 10.6 Å². The SMILES string of the molecule is CCCCc1ccc(N2C(=O)/C(=C/c3cccc4ccccc34)SC2=S)cc1. The van der Waals surface area contributed by atoms with E-state index in [0.717, 1.165) is 28.4 Å². The fraction of sp³-hybridized carbons (Fsp3) is 0.167. The van der Waals surface area contributed by atoms with Gasteiger partial charge in [-0.05, 0) is 52.9 Å². The number of nitrogens with zero attached hydrogens (tertiary/aromatic N) is 1. The minimum Gasteiger partial charge on any atom is -0.268 e. The molecule has 0 aliphatic carbocycles. The molecule has 0 bridgehead atoms. The molecule has 4 heteroatoms. The van der Waals surface area contributed by atoms with Crippen LogP contribution in [0.15, 0.2) is 71.6 Å². The van der Waals surface area contributed by atoms with E-state index in [9.17, 15) is 4.79 Å². The molecule has 0 aromatic heterocycles. The molecule has 4 rings (SSSR count). The van der Waals surface area contributed by atoms with Gasteiger partial charge in [-0.15, -0.1) is 0 Å². The summed E-state index contributed by atoms with van der Waals surface area (Å²) in [5.74, 6) is -0.0516. The number of benzene rings is 3. The molecule has 3 aromatic carbocycles. The number of rotatable bonds is 5. The maximum atomic E-state index is 13.1. The molecule has 0 N–H and O–H groups in total. The Morgan fingerprint density at radius 3 is 2.54 bits per heavy atom. The Hall–Kier alpha value is -2.43. The summed E-state index contributed by atoms with van der Waals surface area (Å²) >= 11 is 6.89. The van der Waals surface area contributed by atoms with Crippen molar-refractivity contribution in [3.8, 4) is 0 Å². The van der Waals surface area contributed by atoms with Crippen LogP contribution in [0.4, 0.5) is 5.69 Å². The Morgan fingerprint density at radius 2 is 1.75 bits per heavy atom. The Morgan fingerprint density at radius 1 is 1.00 bits per heavy atom. The molecule has 3 aromatic rings. The van der Waals surface area contributed by atoms with Crippen LogP contribution in [0, 0.1) is 0 Å². The van der Waals surface area contributed by atoms with Crippen molar-refractivity contribution in [2.75, 3.05) is 4.90 Å². The van der Waals surface area contributed by atoms with Crippen LogP contribution in [0.3, 0.4) is 0 Å². The van der Waals surface area contributed by atoms with Gasteiger partial charge in [-0.2, -0.15) is 0 Å². The number of hydrogen-bond donors (Lipinski definition) is 0. The number of fused-ring (bicyclic) bond motifs is 1. The summed E-state index contributed by atoms with van der Waals surface area (Å²) in [5, 5.41) is 2.30. The zero-order valence-electron chi connectivity index (χ0n) is 15.7. The molecule has 1 amide bonds. The molecule has 1 fully saturated rings. The number of thioether (sulfide) groups is 1. The second kappa shape index (κ2) is 8.29. The number of hydrogen-bond acceptors (Lipinski definition) is 3. The number of carbonyl (C=O) groups excluding carboxylic acids is 1. The number of thiocarbonyl (C=S) groups is 1. The molecule has 140 valence electrons. The van der Waals surface area contributed by atoms with E-state index in [1.807, 2.05) is 42.5 Å². The highest BCUT2D eigenvalue weighted by Gasteiger charge is 2.33. The smallest absolute Gasteiger partial charge is 0.268 e. The normalized spacial score (nSPS) is 15.8. The third-order valence-corrected chi connectivity index (χ3v) is 6.22. The van der Waals surface area contributed by atoms with Gasteiger partial charge in [-0.25, -0.2) is 0 Å². The first kappa shape index (κ1) is 18.9. The van der Waals surface area contributed by atoms with E-state index < -0.39 is 0 Å². The maximum Gasteiger partial charge on any atom is 0.270 e. The van der Waals surface area contributed by atoms with Crippen molar-refractivity contribution in [2.24, 2.45) is 0 Å². The van der Waals surface area contributed by atoms with Gasteiger partial charge in [-0.3, -0.25) is 9.69 Å². The van der Waals surface area contributed by atoms with Crippen molar-refractivity contribution in [3.63, 3.8) is 0 Å². The number of carbonyl (C=O) groups is 1. The molecule has 1 saturated heterocycles. The summed E-state index contributed by atoms with van der Waals surface area (Å²) < 4.78 is 0.581. The highest BCUT2D eigenvalue weighted by atomic mass is 32.2. The number of anilines is 1. The Kier molecular flexibility index (Phi) is 5.60. The van der Waals surface area contributed by atoms with Gasteiger partial charge in [0.15, 0.2) is 4.32 Å². The molecule has 2 nitrogen and oxygen atoms in total. The summed E-state index contributed by atoms with van der Waals surface area (Å²) in [7, 11) is 0. The van der Waals surface area contributed by atoms with Crippen molar-refractivity contribution < 1.29 is 4.79 Å². The van der Waals surface area contributed by atoms with Gasteiger partial charge in [0.2, 0.25) is 0 Å². The summed E-state index contributed by atoms with van der Waals surface area (Å²) in [6, 6.07) is 22.5. The van der Waals surface area contributed by atoms with E-state index in [0.29, 0.717) is 9.23 Å². The summed E-state index contributed by atoms with van der Waals surface area (Å²) in [4.78, 5) is 15.4. The van der Waals surface area contributed by atoms with Gasteiger partial charge in [0.25, 0.3) is 5.91 Å². The fourth-order valence-corrected chi connectivity index (χ4v) is 4.69. The van der Waals surface area contributed by atoms with E-state index in [1.165, 1.54) is 30.2 Å². The van der Waals surface area contributed by atoms with Crippen molar-refractivity contribution in [3.05, 3.63) is 82.8 Å². The predicted octanol–water partition coefficient (Wildman–Crippen LogP) is 6.59. The minimum absolute atomic E-state index is 0.0516. The van der Waals surface area contributed by atoms with Crippen molar-refractivity contribution in [1.82, 2.24) is 0 Å². The minimum atomic E-state index is -0.0516. The third-order valence-electron chi connectivity index (χ3n) is 4.92. The van der Waals surface area contributed by atoms with E-state index in [1.54, 1.807) is 4.90 Å². The zero-order chi connectivity index (χ0) is 19.5. The highest BCUT2D eigenvalue weighted by molar-refractivity contribution is 8.27. The highest BCUT2D eigenvalue weighted by Crippen LogP contribution is 2.37. The van der Waals surface area contributed by atoms with Crippen molar-refractivity contribution in [1.29, 1.82) is 0 Å². The number of unbranched alkanes of at least 4 members (excludes halogenated alkanes) is 1. The van der Waals surface area contributed by atoms with Gasteiger partial charge in [-0.1, -0.05) is 91.9 Å². The van der Waals surface area contributed by atoms with Crippen molar-refractivity contribution >= 4 is 56.7 Å². The van der Waals surface area contributed by atoms with Crippen molar-refractivity contribution in [2.45, 2.75) is 26.2 Å². The fourth-order valence-electron chi connectivity index (χ4n) is 3.40. The second-order valence-electron chi connectivity index (χ2n) is 6.86. The summed E-state index contributed by atoms with van der Waals surface area (Å²) in [6.45, 7) is 2.19. The van der Waals surface area contributed by atoms with Crippen LogP contribution in [-0.2, 0) is 11.2 Å². The topological polar surface area (TPSA) is 20.3 Å². The molecular formula is C24H21NOS2. The molecule has 0 spiro atoms.